The Hall–Kier alpha value is -1.20. The van der Waals surface area contributed by atoms with Crippen LogP contribution in [0.4, 0.5) is 13.2 Å². The zero-order valence-corrected chi connectivity index (χ0v) is 7.22. The second kappa shape index (κ2) is 3.27. The van der Waals surface area contributed by atoms with E-state index in [1.807, 2.05) is 0 Å². The summed E-state index contributed by atoms with van der Waals surface area (Å²) in [5.74, 6) is -0.225. The highest BCUT2D eigenvalue weighted by Gasteiger charge is 2.38. The summed E-state index contributed by atoms with van der Waals surface area (Å²) in [7, 11) is 1.23. The maximum Gasteiger partial charge on any atom is 0.436 e. The average molecular weight is 194 g/mol. The van der Waals surface area contributed by atoms with Gasteiger partial charge in [0.15, 0.2) is 11.4 Å². The Labute approximate surface area is 73.1 Å². The third-order valence-electron chi connectivity index (χ3n) is 1.47. The Bertz CT molecular complexity index is 292. The predicted molar refractivity (Wildman–Crippen MR) is 39.4 cm³/mol. The smallest absolute Gasteiger partial charge is 0.436 e. The van der Waals surface area contributed by atoms with Crippen LogP contribution in [0.3, 0.4) is 0 Å². The molecular weight excluding hydrogens is 185 g/mol. The highest BCUT2D eigenvalue weighted by molar-refractivity contribution is 5.27. The van der Waals surface area contributed by atoms with E-state index in [1.54, 1.807) is 6.92 Å². The van der Waals surface area contributed by atoms with Gasteiger partial charge in [-0.25, -0.2) is 0 Å². The van der Waals surface area contributed by atoms with Crippen LogP contribution in [0.5, 0.6) is 5.75 Å². The molecule has 0 saturated heterocycles. The minimum absolute atomic E-state index is 0.189. The number of nitrogens with zero attached hydrogens (tertiary/aromatic N) is 2. The Morgan fingerprint density at radius 2 is 2.15 bits per heavy atom. The van der Waals surface area contributed by atoms with Gasteiger partial charge in [0, 0.05) is 7.05 Å². The lowest BCUT2D eigenvalue weighted by Gasteiger charge is -2.09. The van der Waals surface area contributed by atoms with Crippen molar-refractivity contribution >= 4 is 0 Å². The van der Waals surface area contributed by atoms with Crippen molar-refractivity contribution in [3.05, 3.63) is 11.9 Å². The monoisotopic (exact) mass is 194 g/mol. The van der Waals surface area contributed by atoms with Crippen LogP contribution in [0, 0.1) is 0 Å². The molecular formula is C7H9F3N2O. The van der Waals surface area contributed by atoms with E-state index in [0.29, 0.717) is 0 Å². The molecule has 0 N–H and O–H groups in total. The van der Waals surface area contributed by atoms with Crippen molar-refractivity contribution in [2.75, 3.05) is 6.61 Å². The van der Waals surface area contributed by atoms with Gasteiger partial charge in [0.1, 0.15) is 0 Å². The maximum atomic E-state index is 12.3. The SMILES string of the molecule is CCOc1cnn(C)c1C(F)(F)F. The third kappa shape index (κ3) is 1.93. The first-order valence-electron chi connectivity index (χ1n) is 3.68. The average Bonchev–Trinajstić information content (AvgIpc) is 2.31. The molecule has 3 nitrogen and oxygen atoms in total. The maximum absolute atomic E-state index is 12.3. The fourth-order valence-corrected chi connectivity index (χ4v) is 1.00. The molecule has 0 atom stereocenters. The first-order valence-corrected chi connectivity index (χ1v) is 3.68. The molecule has 1 heterocycles. The zero-order chi connectivity index (χ0) is 10.1. The van der Waals surface area contributed by atoms with Crippen LogP contribution in [0.25, 0.3) is 0 Å². The van der Waals surface area contributed by atoms with Gasteiger partial charge in [-0.1, -0.05) is 0 Å². The van der Waals surface area contributed by atoms with Gasteiger partial charge in [-0.2, -0.15) is 18.3 Å². The van der Waals surface area contributed by atoms with Gasteiger partial charge in [0.2, 0.25) is 0 Å². The van der Waals surface area contributed by atoms with Crippen LogP contribution in [-0.2, 0) is 13.2 Å². The number of hydrogen-bond acceptors (Lipinski definition) is 2. The van der Waals surface area contributed by atoms with E-state index < -0.39 is 11.9 Å². The van der Waals surface area contributed by atoms with Gasteiger partial charge >= 0.3 is 6.18 Å². The zero-order valence-electron chi connectivity index (χ0n) is 7.22. The van der Waals surface area contributed by atoms with Gasteiger partial charge in [-0.05, 0) is 6.92 Å². The molecule has 0 radical (unpaired) electrons. The molecule has 0 unspecified atom stereocenters. The number of ether oxygens (including phenoxy) is 1. The topological polar surface area (TPSA) is 27.1 Å². The minimum Gasteiger partial charge on any atom is -0.490 e. The molecule has 0 bridgehead atoms. The lowest BCUT2D eigenvalue weighted by Crippen LogP contribution is -2.13. The van der Waals surface area contributed by atoms with E-state index in [1.165, 1.54) is 7.05 Å². The van der Waals surface area contributed by atoms with E-state index in [-0.39, 0.29) is 12.4 Å². The van der Waals surface area contributed by atoms with Crippen molar-refractivity contribution in [3.8, 4) is 5.75 Å². The second-order valence-corrected chi connectivity index (χ2v) is 2.41. The quantitative estimate of drug-likeness (QED) is 0.718. The molecule has 0 spiro atoms. The van der Waals surface area contributed by atoms with Gasteiger partial charge in [0.05, 0.1) is 12.8 Å². The molecule has 0 fully saturated rings. The molecule has 0 aliphatic rings. The number of hydrogen-bond donors (Lipinski definition) is 0. The predicted octanol–water partition coefficient (Wildman–Crippen LogP) is 1.84. The van der Waals surface area contributed by atoms with Crippen LogP contribution in [0.1, 0.15) is 12.6 Å². The molecule has 1 rings (SSSR count). The van der Waals surface area contributed by atoms with Crippen LogP contribution < -0.4 is 4.74 Å². The second-order valence-electron chi connectivity index (χ2n) is 2.41. The number of aryl methyl sites for hydroxylation is 1. The number of halogens is 3. The highest BCUT2D eigenvalue weighted by atomic mass is 19.4. The normalized spacial score (nSPS) is 11.8. The summed E-state index contributed by atoms with van der Waals surface area (Å²) in [4.78, 5) is 0. The summed E-state index contributed by atoms with van der Waals surface area (Å²) < 4.78 is 42.5. The van der Waals surface area contributed by atoms with Crippen molar-refractivity contribution in [1.82, 2.24) is 9.78 Å². The Balaban J connectivity index is 3.09. The Kier molecular flexibility index (Phi) is 2.49. The molecule has 74 valence electrons. The summed E-state index contributed by atoms with van der Waals surface area (Å²) in [6.07, 6.45) is -3.36. The first-order chi connectivity index (χ1) is 5.96. The van der Waals surface area contributed by atoms with Crippen molar-refractivity contribution in [2.24, 2.45) is 7.05 Å². The molecule has 6 heteroatoms. The van der Waals surface area contributed by atoms with Gasteiger partial charge in [-0.15, -0.1) is 0 Å². The van der Waals surface area contributed by atoms with Crippen molar-refractivity contribution in [2.45, 2.75) is 13.1 Å². The van der Waals surface area contributed by atoms with E-state index in [9.17, 15) is 13.2 Å². The molecule has 0 saturated carbocycles. The minimum atomic E-state index is -4.42. The lowest BCUT2D eigenvalue weighted by molar-refractivity contribution is -0.145. The van der Waals surface area contributed by atoms with Gasteiger partial charge in [0.25, 0.3) is 0 Å². The van der Waals surface area contributed by atoms with Crippen molar-refractivity contribution in [3.63, 3.8) is 0 Å². The molecule has 1 aromatic rings. The summed E-state index contributed by atoms with van der Waals surface area (Å²) in [5.41, 5.74) is -0.852. The number of aromatic nitrogens is 2. The molecule has 0 aliphatic carbocycles. The van der Waals surface area contributed by atoms with Crippen LogP contribution in [0.15, 0.2) is 6.20 Å². The lowest BCUT2D eigenvalue weighted by atomic mass is 10.4. The molecule has 0 amide bonds. The largest absolute Gasteiger partial charge is 0.490 e. The Morgan fingerprint density at radius 1 is 1.54 bits per heavy atom. The van der Waals surface area contributed by atoms with E-state index >= 15 is 0 Å². The Morgan fingerprint density at radius 3 is 2.62 bits per heavy atom. The molecule has 0 aromatic carbocycles. The fraction of sp³-hybridized carbons (Fsp3) is 0.571. The third-order valence-corrected chi connectivity index (χ3v) is 1.47. The van der Waals surface area contributed by atoms with Gasteiger partial charge in [-0.3, -0.25) is 4.68 Å². The van der Waals surface area contributed by atoms with E-state index in [2.05, 4.69) is 5.10 Å². The molecule has 13 heavy (non-hydrogen) atoms. The number of alkyl halides is 3. The summed E-state index contributed by atoms with van der Waals surface area (Å²) in [5, 5.41) is 3.47. The molecule has 0 aliphatic heterocycles. The van der Waals surface area contributed by atoms with Crippen LogP contribution in [0.2, 0.25) is 0 Å². The molecule has 1 aromatic heterocycles. The van der Waals surface area contributed by atoms with E-state index in [4.69, 9.17) is 4.74 Å². The van der Waals surface area contributed by atoms with Crippen LogP contribution in [-0.4, -0.2) is 16.4 Å². The highest BCUT2D eigenvalue weighted by Crippen LogP contribution is 2.35. The summed E-state index contributed by atoms with van der Waals surface area (Å²) >= 11 is 0. The summed E-state index contributed by atoms with van der Waals surface area (Å²) in [6, 6.07) is 0. The van der Waals surface area contributed by atoms with Crippen LogP contribution >= 0.6 is 0 Å². The van der Waals surface area contributed by atoms with Gasteiger partial charge < -0.3 is 4.74 Å². The van der Waals surface area contributed by atoms with Crippen molar-refractivity contribution < 1.29 is 17.9 Å². The van der Waals surface area contributed by atoms with E-state index in [0.717, 1.165) is 10.9 Å². The standard InChI is InChI=1S/C7H9F3N2O/c1-3-13-5-4-11-12(2)6(5)7(8,9)10/h4H,3H2,1-2H3. The number of rotatable bonds is 2. The fourth-order valence-electron chi connectivity index (χ4n) is 1.00. The first kappa shape index (κ1) is 9.88. The summed E-state index contributed by atoms with van der Waals surface area (Å²) in [6.45, 7) is 1.81. The van der Waals surface area contributed by atoms with Crippen molar-refractivity contribution in [1.29, 1.82) is 0 Å².